The molecule has 1 N–H and O–H groups in total. The van der Waals surface area contributed by atoms with E-state index in [-0.39, 0.29) is 5.56 Å². The minimum absolute atomic E-state index is 0.0462. The highest BCUT2D eigenvalue weighted by Gasteiger charge is 2.13. The second-order valence-electron chi connectivity index (χ2n) is 4.84. The Balaban J connectivity index is 3.17. The predicted octanol–water partition coefficient (Wildman–Crippen LogP) is 2.91. The SMILES string of the molecule is CCCCc1nc(N(CC)CC)[nH]c(=O)c1CCC. The van der Waals surface area contributed by atoms with E-state index in [1.54, 1.807) is 0 Å². The number of rotatable bonds is 8. The highest BCUT2D eigenvalue weighted by Crippen LogP contribution is 2.12. The number of nitrogens with one attached hydrogen (secondary N) is 1. The van der Waals surface area contributed by atoms with Crippen molar-refractivity contribution in [2.75, 3.05) is 18.0 Å². The van der Waals surface area contributed by atoms with Gasteiger partial charge in [-0.1, -0.05) is 26.7 Å². The quantitative estimate of drug-likeness (QED) is 0.786. The van der Waals surface area contributed by atoms with Gasteiger partial charge in [0.1, 0.15) is 0 Å². The van der Waals surface area contributed by atoms with Crippen molar-refractivity contribution >= 4 is 5.95 Å². The second-order valence-corrected chi connectivity index (χ2v) is 4.84. The van der Waals surface area contributed by atoms with Crippen molar-refractivity contribution in [3.05, 3.63) is 21.6 Å². The number of H-pyrrole nitrogens is 1. The molecule has 4 nitrogen and oxygen atoms in total. The number of nitrogens with zero attached hydrogens (tertiary/aromatic N) is 2. The molecule has 0 spiro atoms. The van der Waals surface area contributed by atoms with E-state index in [4.69, 9.17) is 4.98 Å². The summed E-state index contributed by atoms with van der Waals surface area (Å²) in [5, 5.41) is 0. The average molecular weight is 265 g/mol. The molecule has 0 bridgehead atoms. The molecule has 0 radical (unpaired) electrons. The molecule has 4 heteroatoms. The molecule has 1 rings (SSSR count). The maximum absolute atomic E-state index is 12.2. The number of aromatic nitrogens is 2. The molecule has 0 saturated heterocycles. The van der Waals surface area contributed by atoms with Gasteiger partial charge in [0.2, 0.25) is 5.95 Å². The summed E-state index contributed by atoms with van der Waals surface area (Å²) in [6, 6.07) is 0. The van der Waals surface area contributed by atoms with E-state index in [0.717, 1.165) is 62.4 Å². The predicted molar refractivity (Wildman–Crippen MR) is 81.0 cm³/mol. The fourth-order valence-electron chi connectivity index (χ4n) is 2.26. The Morgan fingerprint density at radius 2 is 1.74 bits per heavy atom. The molecule has 0 atom stereocenters. The van der Waals surface area contributed by atoms with Crippen LogP contribution in [0.2, 0.25) is 0 Å². The van der Waals surface area contributed by atoms with Gasteiger partial charge in [-0.05, 0) is 33.1 Å². The maximum atomic E-state index is 12.2. The van der Waals surface area contributed by atoms with Gasteiger partial charge in [0.25, 0.3) is 5.56 Å². The van der Waals surface area contributed by atoms with Crippen molar-refractivity contribution < 1.29 is 0 Å². The van der Waals surface area contributed by atoms with Crippen molar-refractivity contribution in [2.45, 2.75) is 59.8 Å². The second kappa shape index (κ2) is 7.97. The summed E-state index contributed by atoms with van der Waals surface area (Å²) in [5.74, 6) is 0.723. The number of anilines is 1. The van der Waals surface area contributed by atoms with Crippen LogP contribution < -0.4 is 10.5 Å². The summed E-state index contributed by atoms with van der Waals surface area (Å²) >= 11 is 0. The van der Waals surface area contributed by atoms with Gasteiger partial charge in [-0.15, -0.1) is 0 Å². The maximum Gasteiger partial charge on any atom is 0.255 e. The van der Waals surface area contributed by atoms with Crippen LogP contribution in [-0.4, -0.2) is 23.1 Å². The molecule has 0 aliphatic rings. The van der Waals surface area contributed by atoms with Crippen LogP contribution in [-0.2, 0) is 12.8 Å². The van der Waals surface area contributed by atoms with E-state index in [9.17, 15) is 4.79 Å². The Bertz CT molecular complexity index is 436. The average Bonchev–Trinajstić information content (AvgIpc) is 2.41. The lowest BCUT2D eigenvalue weighted by Gasteiger charge is -2.20. The summed E-state index contributed by atoms with van der Waals surface area (Å²) in [5.41, 5.74) is 1.92. The Labute approximate surface area is 116 Å². The fraction of sp³-hybridized carbons (Fsp3) is 0.733. The van der Waals surface area contributed by atoms with Gasteiger partial charge in [0.15, 0.2) is 0 Å². The van der Waals surface area contributed by atoms with Crippen LogP contribution in [0.1, 0.15) is 58.2 Å². The summed E-state index contributed by atoms with van der Waals surface area (Å²) < 4.78 is 0. The number of aromatic amines is 1. The van der Waals surface area contributed by atoms with E-state index in [1.165, 1.54) is 0 Å². The molecule has 1 aromatic heterocycles. The topological polar surface area (TPSA) is 49.0 Å². The first-order valence-corrected chi connectivity index (χ1v) is 7.54. The fourth-order valence-corrected chi connectivity index (χ4v) is 2.26. The first-order chi connectivity index (χ1) is 9.17. The Hall–Kier alpha value is -1.32. The van der Waals surface area contributed by atoms with Crippen LogP contribution >= 0.6 is 0 Å². The van der Waals surface area contributed by atoms with E-state index >= 15 is 0 Å². The van der Waals surface area contributed by atoms with Crippen LogP contribution in [0, 0.1) is 0 Å². The van der Waals surface area contributed by atoms with E-state index in [2.05, 4.69) is 37.6 Å². The Morgan fingerprint density at radius 1 is 1.05 bits per heavy atom. The van der Waals surface area contributed by atoms with Crippen LogP contribution in [0.4, 0.5) is 5.95 Å². The Kier molecular flexibility index (Phi) is 6.60. The number of unbranched alkanes of at least 4 members (excludes halogenated alkanes) is 1. The molecule has 1 aromatic rings. The molecule has 0 aliphatic heterocycles. The largest absolute Gasteiger partial charge is 0.343 e. The van der Waals surface area contributed by atoms with Crippen LogP contribution in [0.3, 0.4) is 0 Å². The smallest absolute Gasteiger partial charge is 0.255 e. The third-order valence-electron chi connectivity index (χ3n) is 3.42. The molecule has 0 aromatic carbocycles. The molecule has 0 aliphatic carbocycles. The molecular formula is C15H27N3O. The van der Waals surface area contributed by atoms with E-state index < -0.39 is 0 Å². The minimum Gasteiger partial charge on any atom is -0.343 e. The van der Waals surface area contributed by atoms with Gasteiger partial charge in [-0.2, -0.15) is 0 Å². The lowest BCUT2D eigenvalue weighted by molar-refractivity contribution is 0.732. The van der Waals surface area contributed by atoms with Crippen molar-refractivity contribution in [3.8, 4) is 0 Å². The molecule has 0 unspecified atom stereocenters. The molecule has 0 amide bonds. The van der Waals surface area contributed by atoms with Crippen LogP contribution in [0.5, 0.6) is 0 Å². The highest BCUT2D eigenvalue weighted by atomic mass is 16.1. The summed E-state index contributed by atoms with van der Waals surface area (Å²) in [6.07, 6.45) is 4.92. The zero-order valence-corrected chi connectivity index (χ0v) is 12.8. The summed E-state index contributed by atoms with van der Waals surface area (Å²) in [4.78, 5) is 22.0. The zero-order valence-electron chi connectivity index (χ0n) is 12.8. The molecule has 108 valence electrons. The first-order valence-electron chi connectivity index (χ1n) is 7.54. The first kappa shape index (κ1) is 15.7. The van der Waals surface area contributed by atoms with Gasteiger partial charge in [-0.3, -0.25) is 9.78 Å². The lowest BCUT2D eigenvalue weighted by Crippen LogP contribution is -2.29. The Morgan fingerprint density at radius 3 is 2.26 bits per heavy atom. The minimum atomic E-state index is 0.0462. The standard InChI is InChI=1S/C15H27N3O/c1-5-9-11-13-12(10-6-2)14(19)17-15(16-13)18(7-3)8-4/h5-11H2,1-4H3,(H,16,17,19). The monoisotopic (exact) mass is 265 g/mol. The van der Waals surface area contributed by atoms with Gasteiger partial charge < -0.3 is 4.90 Å². The van der Waals surface area contributed by atoms with Gasteiger partial charge in [-0.25, -0.2) is 4.98 Å². The third kappa shape index (κ3) is 4.08. The summed E-state index contributed by atoms with van der Waals surface area (Å²) in [7, 11) is 0. The number of hydrogen-bond acceptors (Lipinski definition) is 3. The molecular weight excluding hydrogens is 238 g/mol. The third-order valence-corrected chi connectivity index (χ3v) is 3.42. The van der Waals surface area contributed by atoms with E-state index in [1.807, 2.05) is 0 Å². The van der Waals surface area contributed by atoms with Crippen LogP contribution in [0.25, 0.3) is 0 Å². The normalized spacial score (nSPS) is 10.7. The zero-order chi connectivity index (χ0) is 14.3. The molecule has 0 saturated carbocycles. The van der Waals surface area contributed by atoms with Crippen molar-refractivity contribution in [3.63, 3.8) is 0 Å². The van der Waals surface area contributed by atoms with Gasteiger partial charge >= 0.3 is 0 Å². The molecule has 0 fully saturated rings. The lowest BCUT2D eigenvalue weighted by atomic mass is 10.1. The van der Waals surface area contributed by atoms with Gasteiger partial charge in [0.05, 0.1) is 5.69 Å². The summed E-state index contributed by atoms with van der Waals surface area (Å²) in [6.45, 7) is 10.1. The van der Waals surface area contributed by atoms with Crippen LogP contribution in [0.15, 0.2) is 4.79 Å². The number of aryl methyl sites for hydroxylation is 1. The molecule has 1 heterocycles. The van der Waals surface area contributed by atoms with E-state index in [0.29, 0.717) is 0 Å². The van der Waals surface area contributed by atoms with Crippen molar-refractivity contribution in [1.82, 2.24) is 9.97 Å². The molecule has 19 heavy (non-hydrogen) atoms. The highest BCUT2D eigenvalue weighted by molar-refractivity contribution is 5.33. The van der Waals surface area contributed by atoms with Crippen molar-refractivity contribution in [1.29, 1.82) is 0 Å². The number of hydrogen-bond donors (Lipinski definition) is 1. The van der Waals surface area contributed by atoms with Crippen molar-refractivity contribution in [2.24, 2.45) is 0 Å². The van der Waals surface area contributed by atoms with Gasteiger partial charge in [0, 0.05) is 18.7 Å².